The van der Waals surface area contributed by atoms with E-state index in [4.69, 9.17) is 14.9 Å². The standard InChI is InChI=1S/C13H15NO6/c15-11(16)6-10(13(18)19)14-7-12(17)20-8-9-4-2-1-3-5-9/h1-5,10,14H,6-8H2,(H,15,16)(H,18,19). The van der Waals surface area contributed by atoms with Gasteiger partial charge < -0.3 is 14.9 Å². The van der Waals surface area contributed by atoms with Gasteiger partial charge >= 0.3 is 17.9 Å². The van der Waals surface area contributed by atoms with Gasteiger partial charge in [0.05, 0.1) is 13.0 Å². The van der Waals surface area contributed by atoms with Gasteiger partial charge in [-0.15, -0.1) is 0 Å². The van der Waals surface area contributed by atoms with Crippen molar-refractivity contribution >= 4 is 17.9 Å². The summed E-state index contributed by atoms with van der Waals surface area (Å²) in [7, 11) is 0. The predicted octanol–water partition coefficient (Wildman–Crippen LogP) is 0.247. The molecule has 0 radical (unpaired) electrons. The van der Waals surface area contributed by atoms with Gasteiger partial charge in [0.2, 0.25) is 0 Å². The van der Waals surface area contributed by atoms with Gasteiger partial charge in [-0.1, -0.05) is 30.3 Å². The summed E-state index contributed by atoms with van der Waals surface area (Å²) in [6, 6.07) is 7.67. The molecule has 7 nitrogen and oxygen atoms in total. The van der Waals surface area contributed by atoms with E-state index in [9.17, 15) is 14.4 Å². The summed E-state index contributed by atoms with van der Waals surface area (Å²) in [5.74, 6) is -3.24. The maximum absolute atomic E-state index is 11.4. The first-order valence-electron chi connectivity index (χ1n) is 5.86. The Hall–Kier alpha value is -2.41. The number of benzene rings is 1. The Morgan fingerprint density at radius 3 is 2.35 bits per heavy atom. The fraction of sp³-hybridized carbons (Fsp3) is 0.308. The van der Waals surface area contributed by atoms with Gasteiger partial charge in [-0.25, -0.2) is 0 Å². The lowest BCUT2D eigenvalue weighted by molar-refractivity contribution is -0.148. The van der Waals surface area contributed by atoms with Crippen LogP contribution in [0.4, 0.5) is 0 Å². The Bertz CT molecular complexity index is 473. The topological polar surface area (TPSA) is 113 Å². The second kappa shape index (κ2) is 7.90. The van der Waals surface area contributed by atoms with Crippen molar-refractivity contribution in [1.29, 1.82) is 0 Å². The summed E-state index contributed by atoms with van der Waals surface area (Å²) in [5, 5.41) is 19.6. The first-order chi connectivity index (χ1) is 9.49. The van der Waals surface area contributed by atoms with Crippen LogP contribution in [0.25, 0.3) is 0 Å². The van der Waals surface area contributed by atoms with Crippen molar-refractivity contribution < 1.29 is 29.3 Å². The number of carboxylic acids is 2. The molecular weight excluding hydrogens is 266 g/mol. The third-order valence-electron chi connectivity index (χ3n) is 2.41. The largest absolute Gasteiger partial charge is 0.481 e. The number of ether oxygens (including phenoxy) is 1. The zero-order valence-electron chi connectivity index (χ0n) is 10.6. The van der Waals surface area contributed by atoms with Gasteiger partial charge in [-0.3, -0.25) is 19.7 Å². The van der Waals surface area contributed by atoms with Crippen LogP contribution in [-0.2, 0) is 25.7 Å². The van der Waals surface area contributed by atoms with E-state index in [1.807, 2.05) is 6.07 Å². The second-order valence-electron chi connectivity index (χ2n) is 4.02. The lowest BCUT2D eigenvalue weighted by atomic mass is 10.2. The lowest BCUT2D eigenvalue weighted by Gasteiger charge is -2.11. The van der Waals surface area contributed by atoms with Crippen LogP contribution in [-0.4, -0.2) is 40.7 Å². The summed E-state index contributed by atoms with van der Waals surface area (Å²) in [6.07, 6.45) is -0.610. The summed E-state index contributed by atoms with van der Waals surface area (Å²) in [5.41, 5.74) is 0.807. The average Bonchev–Trinajstić information content (AvgIpc) is 2.41. The Kier molecular flexibility index (Phi) is 6.18. The molecule has 3 N–H and O–H groups in total. The van der Waals surface area contributed by atoms with E-state index in [2.05, 4.69) is 5.32 Å². The molecule has 1 aromatic rings. The predicted molar refractivity (Wildman–Crippen MR) is 67.9 cm³/mol. The first kappa shape index (κ1) is 15.6. The van der Waals surface area contributed by atoms with Crippen molar-refractivity contribution in [2.45, 2.75) is 19.1 Å². The highest BCUT2D eigenvalue weighted by Crippen LogP contribution is 2.00. The molecule has 108 valence electrons. The minimum absolute atomic E-state index is 0.0814. The molecule has 0 fully saturated rings. The van der Waals surface area contributed by atoms with Crippen molar-refractivity contribution in [3.63, 3.8) is 0 Å². The Morgan fingerprint density at radius 2 is 1.80 bits per heavy atom. The van der Waals surface area contributed by atoms with E-state index < -0.39 is 30.4 Å². The van der Waals surface area contributed by atoms with Gasteiger partial charge in [-0.2, -0.15) is 0 Å². The van der Waals surface area contributed by atoms with Crippen molar-refractivity contribution in [2.24, 2.45) is 0 Å². The SMILES string of the molecule is O=C(O)CC(NCC(=O)OCc1ccccc1)C(=O)O. The van der Waals surface area contributed by atoms with Crippen LogP contribution >= 0.6 is 0 Å². The molecule has 0 heterocycles. The number of hydrogen-bond donors (Lipinski definition) is 3. The molecule has 0 aliphatic carbocycles. The van der Waals surface area contributed by atoms with Gasteiger partial charge in [0.25, 0.3) is 0 Å². The molecule has 0 saturated carbocycles. The fourth-order valence-electron chi connectivity index (χ4n) is 1.42. The minimum Gasteiger partial charge on any atom is -0.481 e. The number of hydrogen-bond acceptors (Lipinski definition) is 5. The molecule has 0 aliphatic rings. The van der Waals surface area contributed by atoms with Crippen molar-refractivity contribution in [3.8, 4) is 0 Å². The number of carbonyl (C=O) groups is 3. The molecule has 1 rings (SSSR count). The summed E-state index contributed by atoms with van der Waals surface area (Å²) in [4.78, 5) is 32.6. The Morgan fingerprint density at radius 1 is 1.15 bits per heavy atom. The third kappa shape index (κ3) is 5.96. The minimum atomic E-state index is -1.33. The molecule has 1 atom stereocenters. The molecule has 7 heteroatoms. The van der Waals surface area contributed by atoms with Gasteiger partial charge in [0, 0.05) is 0 Å². The monoisotopic (exact) mass is 281 g/mol. The first-order valence-corrected chi connectivity index (χ1v) is 5.86. The molecule has 0 saturated heterocycles. The Labute approximate surface area is 115 Å². The zero-order chi connectivity index (χ0) is 15.0. The molecular formula is C13H15NO6. The van der Waals surface area contributed by atoms with Crippen molar-refractivity contribution in [3.05, 3.63) is 35.9 Å². The smallest absolute Gasteiger partial charge is 0.321 e. The van der Waals surface area contributed by atoms with E-state index >= 15 is 0 Å². The summed E-state index contributed by atoms with van der Waals surface area (Å²) >= 11 is 0. The number of esters is 1. The van der Waals surface area contributed by atoms with Crippen LogP contribution in [0.5, 0.6) is 0 Å². The van der Waals surface area contributed by atoms with Crippen LogP contribution < -0.4 is 5.32 Å². The number of nitrogens with one attached hydrogen (secondary N) is 1. The maximum Gasteiger partial charge on any atom is 0.321 e. The van der Waals surface area contributed by atoms with E-state index in [-0.39, 0.29) is 13.2 Å². The number of carboxylic acid groups (broad SMARTS) is 2. The second-order valence-corrected chi connectivity index (χ2v) is 4.02. The molecule has 1 aromatic carbocycles. The number of rotatable bonds is 8. The molecule has 20 heavy (non-hydrogen) atoms. The van der Waals surface area contributed by atoms with Gasteiger partial charge in [0.15, 0.2) is 0 Å². The van der Waals surface area contributed by atoms with Crippen LogP contribution in [0, 0.1) is 0 Å². The molecule has 0 bridgehead atoms. The summed E-state index contributed by atoms with van der Waals surface area (Å²) < 4.78 is 4.92. The highest BCUT2D eigenvalue weighted by molar-refractivity contribution is 5.81. The lowest BCUT2D eigenvalue weighted by Crippen LogP contribution is -2.41. The van der Waals surface area contributed by atoms with Crippen LogP contribution in [0.15, 0.2) is 30.3 Å². The molecule has 0 aromatic heterocycles. The van der Waals surface area contributed by atoms with E-state index in [0.717, 1.165) is 5.56 Å². The van der Waals surface area contributed by atoms with Crippen LogP contribution in [0.3, 0.4) is 0 Å². The van der Waals surface area contributed by atoms with E-state index in [0.29, 0.717) is 0 Å². The van der Waals surface area contributed by atoms with Crippen LogP contribution in [0.1, 0.15) is 12.0 Å². The number of carbonyl (C=O) groups excluding carboxylic acids is 1. The summed E-state index contributed by atoms with van der Waals surface area (Å²) in [6.45, 7) is -0.283. The normalized spacial score (nSPS) is 11.6. The molecule has 0 amide bonds. The van der Waals surface area contributed by atoms with Gasteiger partial charge in [0.1, 0.15) is 12.6 Å². The fourth-order valence-corrected chi connectivity index (χ4v) is 1.42. The van der Waals surface area contributed by atoms with E-state index in [1.54, 1.807) is 24.3 Å². The molecule has 1 unspecified atom stereocenters. The van der Waals surface area contributed by atoms with Crippen molar-refractivity contribution in [2.75, 3.05) is 6.54 Å². The molecule has 0 spiro atoms. The Balaban J connectivity index is 2.34. The zero-order valence-corrected chi connectivity index (χ0v) is 10.6. The maximum atomic E-state index is 11.4. The van der Waals surface area contributed by atoms with Gasteiger partial charge in [-0.05, 0) is 5.56 Å². The van der Waals surface area contributed by atoms with Crippen molar-refractivity contribution in [1.82, 2.24) is 5.32 Å². The van der Waals surface area contributed by atoms with E-state index in [1.165, 1.54) is 0 Å². The molecule has 0 aliphatic heterocycles. The van der Waals surface area contributed by atoms with Crippen LogP contribution in [0.2, 0.25) is 0 Å². The third-order valence-corrected chi connectivity index (χ3v) is 2.41. The highest BCUT2D eigenvalue weighted by Gasteiger charge is 2.21. The quantitative estimate of drug-likeness (QED) is 0.585. The highest BCUT2D eigenvalue weighted by atomic mass is 16.5. The average molecular weight is 281 g/mol. The number of aliphatic carboxylic acids is 2.